The van der Waals surface area contributed by atoms with Gasteiger partial charge in [0, 0.05) is 38.3 Å². The minimum atomic E-state index is -4.17. The lowest BCUT2D eigenvalue weighted by Crippen LogP contribution is -2.45. The van der Waals surface area contributed by atoms with Gasteiger partial charge in [0.2, 0.25) is 0 Å². The number of likely N-dealkylation sites (tertiary alicyclic amines) is 1. The second kappa shape index (κ2) is 11.5. The number of phenolic OH excluding ortho intramolecular Hbond substituents is 1. The van der Waals surface area contributed by atoms with E-state index in [4.69, 9.17) is 4.74 Å². The van der Waals surface area contributed by atoms with Gasteiger partial charge in [-0.25, -0.2) is 0 Å². The third kappa shape index (κ3) is 8.29. The number of aliphatic imine (C=N–C) groups is 1. The summed E-state index contributed by atoms with van der Waals surface area (Å²) in [6.45, 7) is 2.89. The number of guanidine groups is 1. The molecule has 2 rings (SSSR count). The van der Waals surface area contributed by atoms with Crippen molar-refractivity contribution in [2.75, 3.05) is 39.8 Å². The Morgan fingerprint density at radius 1 is 1.39 bits per heavy atom. The first-order chi connectivity index (χ1) is 12.8. The van der Waals surface area contributed by atoms with Crippen molar-refractivity contribution in [2.24, 2.45) is 4.99 Å². The second-order valence-corrected chi connectivity index (χ2v) is 6.49. The number of nitrogens with one attached hydrogen (secondary N) is 2. The highest BCUT2D eigenvalue weighted by Crippen LogP contribution is 2.23. The van der Waals surface area contributed by atoms with Crippen LogP contribution in [0.15, 0.2) is 23.2 Å². The van der Waals surface area contributed by atoms with Gasteiger partial charge < -0.3 is 20.5 Å². The summed E-state index contributed by atoms with van der Waals surface area (Å²) in [7, 11) is 1.53. The number of ether oxygens (including phenoxy) is 1. The molecule has 1 heterocycles. The molecule has 1 aliphatic rings. The van der Waals surface area contributed by atoms with Crippen molar-refractivity contribution in [3.63, 3.8) is 0 Å². The van der Waals surface area contributed by atoms with E-state index in [1.54, 1.807) is 18.2 Å². The standard InChI is InChI=1S/C18H27F3N4O2.HI/c1-3-22-17(24-14-7-9-25(11-14)12-18(19,20)21)23-8-6-13-4-5-15(27-2)10-16(13)26;/h4-5,10,14,26H,3,6-9,11-12H2,1-2H3,(H2,22,23,24);1H. The molecule has 1 unspecified atom stereocenters. The SMILES string of the molecule is CCNC(=NCCc1ccc(OC)cc1O)NC1CCN(CC(F)(F)F)C1.I. The quantitative estimate of drug-likeness (QED) is 0.296. The van der Waals surface area contributed by atoms with Crippen molar-refractivity contribution in [3.8, 4) is 11.5 Å². The van der Waals surface area contributed by atoms with Crippen LogP contribution in [0.3, 0.4) is 0 Å². The van der Waals surface area contributed by atoms with Crippen molar-refractivity contribution in [1.29, 1.82) is 0 Å². The highest BCUT2D eigenvalue weighted by Gasteiger charge is 2.34. The molecule has 1 aromatic rings. The number of rotatable bonds is 7. The smallest absolute Gasteiger partial charge is 0.401 e. The summed E-state index contributed by atoms with van der Waals surface area (Å²) < 4.78 is 42.6. The fourth-order valence-corrected chi connectivity index (χ4v) is 3.03. The lowest BCUT2D eigenvalue weighted by atomic mass is 10.1. The summed E-state index contributed by atoms with van der Waals surface area (Å²) in [6.07, 6.45) is -3.00. The molecular formula is C18H28F3IN4O2. The number of halogens is 4. The van der Waals surface area contributed by atoms with Gasteiger partial charge in [0.05, 0.1) is 13.7 Å². The van der Waals surface area contributed by atoms with Crippen molar-refractivity contribution >= 4 is 29.9 Å². The van der Waals surface area contributed by atoms with Gasteiger partial charge in [-0.2, -0.15) is 13.2 Å². The van der Waals surface area contributed by atoms with Gasteiger partial charge in [-0.05, 0) is 31.4 Å². The Labute approximate surface area is 180 Å². The molecule has 0 aliphatic carbocycles. The van der Waals surface area contributed by atoms with Gasteiger partial charge in [0.1, 0.15) is 11.5 Å². The zero-order valence-electron chi connectivity index (χ0n) is 16.1. The van der Waals surface area contributed by atoms with Crippen molar-refractivity contribution < 1.29 is 23.0 Å². The van der Waals surface area contributed by atoms with E-state index in [1.165, 1.54) is 12.0 Å². The van der Waals surface area contributed by atoms with Gasteiger partial charge >= 0.3 is 6.18 Å². The molecule has 28 heavy (non-hydrogen) atoms. The lowest BCUT2D eigenvalue weighted by molar-refractivity contribution is -0.143. The Bertz CT molecular complexity index is 644. The molecule has 3 N–H and O–H groups in total. The van der Waals surface area contributed by atoms with Crippen LogP contribution in [0.5, 0.6) is 11.5 Å². The minimum Gasteiger partial charge on any atom is -0.508 e. The van der Waals surface area contributed by atoms with Crippen molar-refractivity contribution in [3.05, 3.63) is 23.8 Å². The van der Waals surface area contributed by atoms with Crippen LogP contribution in [0.4, 0.5) is 13.2 Å². The molecule has 1 saturated heterocycles. The number of aromatic hydroxyl groups is 1. The van der Waals surface area contributed by atoms with Crippen LogP contribution in [0.25, 0.3) is 0 Å². The third-order valence-corrected chi connectivity index (χ3v) is 4.30. The Morgan fingerprint density at radius 2 is 2.14 bits per heavy atom. The number of methoxy groups -OCH3 is 1. The van der Waals surface area contributed by atoms with Crippen LogP contribution in [0.1, 0.15) is 18.9 Å². The average Bonchev–Trinajstić information content (AvgIpc) is 3.01. The van der Waals surface area contributed by atoms with Crippen molar-refractivity contribution in [1.82, 2.24) is 15.5 Å². The molecular weight excluding hydrogens is 488 g/mol. The maximum absolute atomic E-state index is 12.5. The summed E-state index contributed by atoms with van der Waals surface area (Å²) in [6, 6.07) is 5.04. The van der Waals surface area contributed by atoms with Gasteiger partial charge in [0.25, 0.3) is 0 Å². The number of alkyl halides is 3. The maximum Gasteiger partial charge on any atom is 0.401 e. The Balaban J connectivity index is 0.00000392. The maximum atomic E-state index is 12.5. The summed E-state index contributed by atoms with van der Waals surface area (Å²) in [4.78, 5) is 5.87. The number of hydrogen-bond acceptors (Lipinski definition) is 4. The van der Waals surface area contributed by atoms with Gasteiger partial charge in [-0.3, -0.25) is 9.89 Å². The van der Waals surface area contributed by atoms with E-state index in [2.05, 4.69) is 15.6 Å². The summed E-state index contributed by atoms with van der Waals surface area (Å²) in [5.74, 6) is 1.31. The zero-order valence-corrected chi connectivity index (χ0v) is 18.4. The van der Waals surface area contributed by atoms with Crippen LogP contribution >= 0.6 is 24.0 Å². The van der Waals surface area contributed by atoms with Gasteiger partial charge in [-0.15, -0.1) is 24.0 Å². The van der Waals surface area contributed by atoms with Crippen LogP contribution in [0, 0.1) is 0 Å². The zero-order chi connectivity index (χ0) is 19.9. The van der Waals surface area contributed by atoms with Crippen LogP contribution in [0.2, 0.25) is 0 Å². The number of benzene rings is 1. The lowest BCUT2D eigenvalue weighted by Gasteiger charge is -2.19. The number of hydrogen-bond donors (Lipinski definition) is 3. The second-order valence-electron chi connectivity index (χ2n) is 6.49. The first kappa shape index (κ1) is 24.6. The Morgan fingerprint density at radius 3 is 2.75 bits per heavy atom. The molecule has 0 bridgehead atoms. The van der Waals surface area contributed by atoms with E-state index in [9.17, 15) is 18.3 Å². The monoisotopic (exact) mass is 516 g/mol. The molecule has 0 radical (unpaired) electrons. The van der Waals surface area contributed by atoms with Crippen LogP contribution in [-0.4, -0.2) is 68.0 Å². The Hall–Kier alpha value is -1.43. The van der Waals surface area contributed by atoms with E-state index >= 15 is 0 Å². The first-order valence-corrected chi connectivity index (χ1v) is 9.00. The van der Waals surface area contributed by atoms with E-state index in [1.807, 2.05) is 6.92 Å². The normalized spacial score (nSPS) is 17.9. The van der Waals surface area contributed by atoms with Crippen LogP contribution < -0.4 is 15.4 Å². The topological polar surface area (TPSA) is 69.1 Å². The molecule has 0 aromatic heterocycles. The van der Waals surface area contributed by atoms with Crippen LogP contribution in [-0.2, 0) is 6.42 Å². The highest BCUT2D eigenvalue weighted by molar-refractivity contribution is 14.0. The third-order valence-electron chi connectivity index (χ3n) is 4.30. The average molecular weight is 516 g/mol. The predicted molar refractivity (Wildman–Crippen MR) is 114 cm³/mol. The van der Waals surface area contributed by atoms with E-state index in [0.29, 0.717) is 50.7 Å². The summed E-state index contributed by atoms with van der Waals surface area (Å²) >= 11 is 0. The summed E-state index contributed by atoms with van der Waals surface area (Å²) in [5.41, 5.74) is 0.757. The molecule has 160 valence electrons. The van der Waals surface area contributed by atoms with E-state index in [0.717, 1.165) is 5.56 Å². The molecule has 6 nitrogen and oxygen atoms in total. The predicted octanol–water partition coefficient (Wildman–Crippen LogP) is 2.75. The largest absolute Gasteiger partial charge is 0.508 e. The first-order valence-electron chi connectivity index (χ1n) is 9.00. The molecule has 0 saturated carbocycles. The Kier molecular flexibility index (Phi) is 10.1. The molecule has 0 amide bonds. The molecule has 1 aromatic carbocycles. The van der Waals surface area contributed by atoms with Gasteiger partial charge in [-0.1, -0.05) is 6.07 Å². The molecule has 0 spiro atoms. The molecule has 10 heteroatoms. The summed E-state index contributed by atoms with van der Waals surface area (Å²) in [5, 5.41) is 16.3. The fourth-order valence-electron chi connectivity index (χ4n) is 3.03. The highest BCUT2D eigenvalue weighted by atomic mass is 127. The van der Waals surface area contributed by atoms with E-state index in [-0.39, 0.29) is 35.8 Å². The minimum absolute atomic E-state index is 0. The molecule has 1 atom stereocenters. The molecule has 1 fully saturated rings. The van der Waals surface area contributed by atoms with Gasteiger partial charge in [0.15, 0.2) is 5.96 Å². The number of phenols is 1. The molecule has 1 aliphatic heterocycles. The van der Waals surface area contributed by atoms with E-state index < -0.39 is 12.7 Å². The van der Waals surface area contributed by atoms with Crippen molar-refractivity contribution in [2.45, 2.75) is 32.0 Å². The number of nitrogens with zero attached hydrogens (tertiary/aromatic N) is 2. The fraction of sp³-hybridized carbons (Fsp3) is 0.611.